The van der Waals surface area contributed by atoms with Crippen LogP contribution in [0, 0.1) is 0 Å². The first-order valence-electron chi connectivity index (χ1n) is 7.03. The highest BCUT2D eigenvalue weighted by molar-refractivity contribution is 7.16. The summed E-state index contributed by atoms with van der Waals surface area (Å²) in [6.07, 6.45) is -0.889. The molecule has 23 heavy (non-hydrogen) atoms. The van der Waals surface area contributed by atoms with Crippen molar-refractivity contribution >= 4 is 39.1 Å². The highest BCUT2D eigenvalue weighted by Crippen LogP contribution is 2.20. The highest BCUT2D eigenvalue weighted by atomic mass is 32.1. The molecule has 0 aliphatic carbocycles. The van der Waals surface area contributed by atoms with Crippen LogP contribution >= 0.6 is 11.3 Å². The number of fused-ring (bicyclic) bond motifs is 1. The maximum absolute atomic E-state index is 12.2. The predicted molar refractivity (Wildman–Crippen MR) is 89.6 cm³/mol. The number of hydrogen-bond donors (Lipinski definition) is 1. The van der Waals surface area contributed by atoms with Gasteiger partial charge >= 0.3 is 5.97 Å². The van der Waals surface area contributed by atoms with Crippen LogP contribution in [-0.4, -0.2) is 23.0 Å². The fourth-order valence-corrected chi connectivity index (χ4v) is 2.75. The molecule has 6 heteroatoms. The summed E-state index contributed by atoms with van der Waals surface area (Å²) >= 11 is 1.45. The molecule has 0 saturated heterocycles. The lowest BCUT2D eigenvalue weighted by Crippen LogP contribution is -2.29. The third-order valence-electron chi connectivity index (χ3n) is 3.26. The third kappa shape index (κ3) is 3.54. The number of ether oxygens (including phenoxy) is 1. The Bertz CT molecular complexity index is 845. The van der Waals surface area contributed by atoms with Crippen LogP contribution < -0.4 is 5.32 Å². The van der Waals surface area contributed by atoms with E-state index in [1.165, 1.54) is 11.3 Å². The zero-order valence-electron chi connectivity index (χ0n) is 12.4. The molecule has 0 radical (unpaired) electrons. The second-order valence-electron chi connectivity index (χ2n) is 4.94. The van der Waals surface area contributed by atoms with Gasteiger partial charge in [0.15, 0.2) is 6.10 Å². The van der Waals surface area contributed by atoms with Crippen molar-refractivity contribution in [2.75, 3.05) is 5.32 Å². The summed E-state index contributed by atoms with van der Waals surface area (Å²) in [4.78, 5) is 28.4. The molecule has 1 heterocycles. The number of hydrogen-bond acceptors (Lipinski definition) is 5. The number of para-hydroxylation sites is 1. The molecule has 1 aromatic heterocycles. The molecule has 1 N–H and O–H groups in total. The molecule has 0 unspecified atom stereocenters. The molecule has 0 spiro atoms. The van der Waals surface area contributed by atoms with Gasteiger partial charge in [0.05, 0.1) is 21.3 Å². The molecule has 0 saturated carbocycles. The van der Waals surface area contributed by atoms with Crippen LogP contribution in [0.25, 0.3) is 10.2 Å². The van der Waals surface area contributed by atoms with E-state index in [1.54, 1.807) is 42.8 Å². The zero-order chi connectivity index (χ0) is 16.2. The topological polar surface area (TPSA) is 68.3 Å². The second-order valence-corrected chi connectivity index (χ2v) is 5.82. The Morgan fingerprint density at radius 2 is 1.96 bits per heavy atom. The van der Waals surface area contributed by atoms with Crippen LogP contribution in [0.4, 0.5) is 5.69 Å². The van der Waals surface area contributed by atoms with E-state index in [-0.39, 0.29) is 5.91 Å². The van der Waals surface area contributed by atoms with Crippen molar-refractivity contribution in [3.8, 4) is 0 Å². The van der Waals surface area contributed by atoms with Gasteiger partial charge in [-0.05, 0) is 37.3 Å². The summed E-state index contributed by atoms with van der Waals surface area (Å²) in [5.74, 6) is -0.903. The molecule has 3 rings (SSSR count). The SMILES string of the molecule is C[C@H](OC(=O)c1ccc2ncsc2c1)C(=O)Nc1ccccc1. The maximum Gasteiger partial charge on any atom is 0.338 e. The zero-order valence-corrected chi connectivity index (χ0v) is 13.2. The van der Waals surface area contributed by atoms with Crippen molar-refractivity contribution in [2.24, 2.45) is 0 Å². The Balaban J connectivity index is 1.65. The van der Waals surface area contributed by atoms with E-state index < -0.39 is 12.1 Å². The Labute approximate surface area is 136 Å². The van der Waals surface area contributed by atoms with Gasteiger partial charge in [-0.25, -0.2) is 9.78 Å². The van der Waals surface area contributed by atoms with Crippen LogP contribution in [0.3, 0.4) is 0 Å². The minimum absolute atomic E-state index is 0.372. The maximum atomic E-state index is 12.2. The normalized spacial score (nSPS) is 11.9. The van der Waals surface area contributed by atoms with Crippen molar-refractivity contribution < 1.29 is 14.3 Å². The van der Waals surface area contributed by atoms with E-state index in [4.69, 9.17) is 4.74 Å². The highest BCUT2D eigenvalue weighted by Gasteiger charge is 2.19. The van der Waals surface area contributed by atoms with Crippen LogP contribution in [0.2, 0.25) is 0 Å². The first-order valence-corrected chi connectivity index (χ1v) is 7.91. The molecule has 3 aromatic rings. The lowest BCUT2D eigenvalue weighted by Gasteiger charge is -2.13. The fraction of sp³-hybridized carbons (Fsp3) is 0.118. The number of thiazole rings is 1. The molecular weight excluding hydrogens is 312 g/mol. The number of carbonyl (C=O) groups excluding carboxylic acids is 2. The molecule has 1 amide bonds. The average molecular weight is 326 g/mol. The molecule has 5 nitrogen and oxygen atoms in total. The van der Waals surface area contributed by atoms with Crippen molar-refractivity contribution in [1.29, 1.82) is 0 Å². The Hall–Kier alpha value is -2.73. The van der Waals surface area contributed by atoms with Gasteiger partial charge in [-0.15, -0.1) is 11.3 Å². The number of anilines is 1. The van der Waals surface area contributed by atoms with Crippen LogP contribution in [0.1, 0.15) is 17.3 Å². The van der Waals surface area contributed by atoms with Gasteiger partial charge in [0, 0.05) is 5.69 Å². The first-order chi connectivity index (χ1) is 11.1. The van der Waals surface area contributed by atoms with Gasteiger partial charge in [0.2, 0.25) is 0 Å². The number of amides is 1. The summed E-state index contributed by atoms with van der Waals surface area (Å²) in [6.45, 7) is 1.54. The molecule has 0 bridgehead atoms. The fourth-order valence-electron chi connectivity index (χ4n) is 2.03. The van der Waals surface area contributed by atoms with E-state index in [0.717, 1.165) is 10.2 Å². The second kappa shape index (κ2) is 6.58. The Morgan fingerprint density at radius 1 is 1.17 bits per heavy atom. The summed E-state index contributed by atoms with van der Waals surface area (Å²) in [7, 11) is 0. The molecule has 116 valence electrons. The minimum atomic E-state index is -0.889. The van der Waals surface area contributed by atoms with E-state index in [2.05, 4.69) is 10.3 Å². The van der Waals surface area contributed by atoms with Crippen molar-refractivity contribution in [3.63, 3.8) is 0 Å². The number of nitrogens with zero attached hydrogens (tertiary/aromatic N) is 1. The minimum Gasteiger partial charge on any atom is -0.449 e. The number of rotatable bonds is 4. The molecular formula is C17H14N2O3S. The molecule has 2 aromatic carbocycles. The number of carbonyl (C=O) groups is 2. The van der Waals surface area contributed by atoms with E-state index in [9.17, 15) is 9.59 Å². The van der Waals surface area contributed by atoms with Crippen molar-refractivity contribution in [2.45, 2.75) is 13.0 Å². The van der Waals surface area contributed by atoms with Crippen LogP contribution in [-0.2, 0) is 9.53 Å². The number of esters is 1. The Kier molecular flexibility index (Phi) is 4.34. The van der Waals surface area contributed by atoms with Crippen LogP contribution in [0.15, 0.2) is 54.0 Å². The Morgan fingerprint density at radius 3 is 2.74 bits per heavy atom. The third-order valence-corrected chi connectivity index (χ3v) is 4.05. The largest absolute Gasteiger partial charge is 0.449 e. The quantitative estimate of drug-likeness (QED) is 0.745. The first kappa shape index (κ1) is 15.2. The van der Waals surface area contributed by atoms with Gasteiger partial charge < -0.3 is 10.1 Å². The molecule has 1 atom stereocenters. The summed E-state index contributed by atoms with van der Waals surface area (Å²) in [5.41, 5.74) is 3.62. The lowest BCUT2D eigenvalue weighted by atomic mass is 10.2. The van der Waals surface area contributed by atoms with Crippen LogP contribution in [0.5, 0.6) is 0 Å². The summed E-state index contributed by atoms with van der Waals surface area (Å²) in [5, 5.41) is 2.70. The number of aromatic nitrogens is 1. The monoisotopic (exact) mass is 326 g/mol. The van der Waals surface area contributed by atoms with Crippen molar-refractivity contribution in [1.82, 2.24) is 4.98 Å². The van der Waals surface area contributed by atoms with Gasteiger partial charge in [-0.1, -0.05) is 18.2 Å². The molecule has 0 aliphatic heterocycles. The van der Waals surface area contributed by atoms with E-state index in [0.29, 0.717) is 11.3 Å². The molecule has 0 fully saturated rings. The summed E-state index contributed by atoms with van der Waals surface area (Å²) in [6, 6.07) is 14.1. The lowest BCUT2D eigenvalue weighted by molar-refractivity contribution is -0.123. The molecule has 0 aliphatic rings. The van der Waals surface area contributed by atoms with Gasteiger partial charge in [0.25, 0.3) is 5.91 Å². The smallest absolute Gasteiger partial charge is 0.338 e. The summed E-state index contributed by atoms with van der Waals surface area (Å²) < 4.78 is 6.13. The predicted octanol–water partition coefficient (Wildman–Crippen LogP) is 3.48. The van der Waals surface area contributed by atoms with Gasteiger partial charge in [-0.2, -0.15) is 0 Å². The van der Waals surface area contributed by atoms with E-state index >= 15 is 0 Å². The number of nitrogens with one attached hydrogen (secondary N) is 1. The van der Waals surface area contributed by atoms with Crippen molar-refractivity contribution in [3.05, 3.63) is 59.6 Å². The number of benzene rings is 2. The van der Waals surface area contributed by atoms with Gasteiger partial charge in [0.1, 0.15) is 0 Å². The average Bonchev–Trinajstić information content (AvgIpc) is 3.03. The van der Waals surface area contributed by atoms with Gasteiger partial charge in [-0.3, -0.25) is 4.79 Å². The van der Waals surface area contributed by atoms with E-state index in [1.807, 2.05) is 18.2 Å². The standard InChI is InChI=1S/C17H14N2O3S/c1-11(16(20)19-13-5-3-2-4-6-13)22-17(21)12-7-8-14-15(9-12)23-10-18-14/h2-11H,1H3,(H,19,20)/t11-/m0/s1.